The average Bonchev–Trinajstić information content (AvgIpc) is 2.00. The molecule has 0 bridgehead atoms. The molecule has 0 aliphatic heterocycles. The lowest BCUT2D eigenvalue weighted by Gasteiger charge is -2.16. The van der Waals surface area contributed by atoms with Crippen molar-refractivity contribution >= 4 is 42.5 Å². The van der Waals surface area contributed by atoms with E-state index >= 15 is 0 Å². The Morgan fingerprint density at radius 1 is 1.31 bits per heavy atom. The van der Waals surface area contributed by atoms with Crippen molar-refractivity contribution in [3.8, 4) is 0 Å². The van der Waals surface area contributed by atoms with Crippen LogP contribution in [0.3, 0.4) is 0 Å². The van der Waals surface area contributed by atoms with E-state index in [-0.39, 0.29) is 13.2 Å². The van der Waals surface area contributed by atoms with Crippen LogP contribution in [0.15, 0.2) is 0 Å². The molecule has 0 unspecified atom stereocenters. The predicted octanol–water partition coefficient (Wildman–Crippen LogP) is 1.39. The quantitative estimate of drug-likeness (QED) is 0.440. The lowest BCUT2D eigenvalue weighted by Crippen LogP contribution is -2.20. The fourth-order valence-corrected chi connectivity index (χ4v) is 2.01. The van der Waals surface area contributed by atoms with Gasteiger partial charge in [-0.1, -0.05) is 0 Å². The second-order valence-electron chi connectivity index (χ2n) is 2.09. The molecule has 96 valence electrons. The molecular weight excluding hydrogens is 275 g/mol. The van der Waals surface area contributed by atoms with Crippen LogP contribution in [0.25, 0.3) is 0 Å². The van der Waals surface area contributed by atoms with Gasteiger partial charge >= 0.3 is 7.75 Å². The number of nitrogens with two attached hydrogens (primary N) is 1. The fraction of sp³-hybridized carbons (Fsp3) is 0.667. The summed E-state index contributed by atoms with van der Waals surface area (Å²) in [5, 5.41) is 17.2. The van der Waals surface area contributed by atoms with Crippen LogP contribution in [0.5, 0.6) is 0 Å². The van der Waals surface area contributed by atoms with Crippen molar-refractivity contribution < 1.29 is 23.8 Å². The maximum absolute atomic E-state index is 11.4. The van der Waals surface area contributed by atoms with Gasteiger partial charge in [-0.3, -0.25) is 14.1 Å². The molecule has 0 fully saturated rings. The van der Waals surface area contributed by atoms with Crippen molar-refractivity contribution in [3.63, 3.8) is 0 Å². The van der Waals surface area contributed by atoms with E-state index in [9.17, 15) is 4.57 Å². The Bertz CT molecular complexity index is 262. The summed E-state index contributed by atoms with van der Waals surface area (Å²) in [5.41, 5.74) is 4.40. The lowest BCUT2D eigenvalue weighted by molar-refractivity contribution is 0.215. The summed E-state index contributed by atoms with van der Waals surface area (Å²) in [6, 6.07) is 0. The third-order valence-corrected chi connectivity index (χ3v) is 2.77. The highest BCUT2D eigenvalue weighted by atomic mass is 32.1. The standard InChI is InChI=1S/C5H12NO4PS.CH3NOS/c1-3-9-11(8,10-4-2)6-5(7)12;2-1(3)4/h3-4H2,1-2H3,(H2,6,7,8,12);(H3,2,3,4). The van der Waals surface area contributed by atoms with Gasteiger partial charge in [0.25, 0.3) is 10.3 Å². The van der Waals surface area contributed by atoms with Crippen LogP contribution in [0.1, 0.15) is 13.8 Å². The Balaban J connectivity index is 0. The molecule has 0 aromatic carbocycles. The van der Waals surface area contributed by atoms with Crippen LogP contribution < -0.4 is 10.8 Å². The van der Waals surface area contributed by atoms with Crippen molar-refractivity contribution in [3.05, 3.63) is 0 Å². The highest BCUT2D eigenvalue weighted by Gasteiger charge is 2.24. The zero-order chi connectivity index (χ0) is 13.2. The highest BCUT2D eigenvalue weighted by molar-refractivity contribution is 7.80. The minimum Gasteiger partial charge on any atom is -0.487 e. The molecule has 0 aromatic rings. The molecule has 0 radical (unpaired) electrons. The van der Waals surface area contributed by atoms with Gasteiger partial charge in [-0.05, 0) is 38.3 Å². The Kier molecular flexibility index (Phi) is 10.9. The minimum absolute atomic E-state index is 0.215. The van der Waals surface area contributed by atoms with E-state index in [1.54, 1.807) is 13.8 Å². The van der Waals surface area contributed by atoms with Crippen molar-refractivity contribution in [1.82, 2.24) is 5.09 Å². The first-order valence-corrected chi connectivity index (χ1v) is 6.52. The van der Waals surface area contributed by atoms with Crippen molar-refractivity contribution in [2.75, 3.05) is 13.2 Å². The number of aliphatic hydroxyl groups is 2. The van der Waals surface area contributed by atoms with Crippen LogP contribution in [0.2, 0.25) is 0 Å². The third-order valence-electron chi connectivity index (χ3n) is 0.831. The van der Waals surface area contributed by atoms with Gasteiger partial charge in [0, 0.05) is 0 Å². The van der Waals surface area contributed by atoms with E-state index < -0.39 is 18.1 Å². The van der Waals surface area contributed by atoms with Gasteiger partial charge in [-0.25, -0.2) is 4.57 Å². The Morgan fingerprint density at radius 2 is 1.62 bits per heavy atom. The van der Waals surface area contributed by atoms with Gasteiger partial charge in [-0.2, -0.15) is 0 Å². The van der Waals surface area contributed by atoms with Crippen LogP contribution >= 0.6 is 32.2 Å². The van der Waals surface area contributed by atoms with Crippen LogP contribution in [-0.4, -0.2) is 33.8 Å². The summed E-state index contributed by atoms with van der Waals surface area (Å²) in [7, 11) is -3.42. The van der Waals surface area contributed by atoms with Crippen LogP contribution in [0.4, 0.5) is 0 Å². The van der Waals surface area contributed by atoms with Crippen LogP contribution in [-0.2, 0) is 13.6 Å². The Morgan fingerprint density at radius 3 is 1.81 bits per heavy atom. The monoisotopic (exact) mass is 290 g/mol. The SMILES string of the molecule is CCOP(=O)(NC(O)=S)OCC.NC(O)=S. The molecule has 0 spiro atoms. The molecule has 0 aromatic heterocycles. The Labute approximate surface area is 105 Å². The molecule has 0 aliphatic rings. The second kappa shape index (κ2) is 9.73. The smallest absolute Gasteiger partial charge is 0.435 e. The number of rotatable bonds is 5. The number of hydrogen-bond donors (Lipinski definition) is 4. The zero-order valence-electron chi connectivity index (χ0n) is 8.87. The maximum atomic E-state index is 11.4. The molecule has 7 nitrogen and oxygen atoms in total. The van der Waals surface area contributed by atoms with E-state index in [0.717, 1.165) is 0 Å². The van der Waals surface area contributed by atoms with E-state index in [1.807, 2.05) is 0 Å². The van der Waals surface area contributed by atoms with Gasteiger partial charge in [-0.15, -0.1) is 0 Å². The minimum atomic E-state index is -3.42. The summed E-state index contributed by atoms with van der Waals surface area (Å²) in [5.74, 6) is 0. The number of aliphatic hydroxyl groups excluding tert-OH is 2. The fourth-order valence-electron chi connectivity index (χ4n) is 0.559. The van der Waals surface area contributed by atoms with E-state index in [2.05, 4.69) is 35.3 Å². The van der Waals surface area contributed by atoms with E-state index in [0.29, 0.717) is 0 Å². The highest BCUT2D eigenvalue weighted by Crippen LogP contribution is 2.42. The molecule has 0 saturated carbocycles. The second-order valence-corrected chi connectivity index (χ2v) is 4.63. The first-order chi connectivity index (χ1) is 7.27. The molecule has 0 rings (SSSR count). The summed E-state index contributed by atoms with van der Waals surface area (Å²) in [6.07, 6.45) is 0. The van der Waals surface area contributed by atoms with Gasteiger partial charge in [0.15, 0.2) is 0 Å². The number of nitrogens with one attached hydrogen (secondary N) is 1. The molecule has 5 N–H and O–H groups in total. The molecule has 0 amide bonds. The largest absolute Gasteiger partial charge is 0.487 e. The summed E-state index contributed by atoms with van der Waals surface area (Å²) in [6.45, 7) is 3.75. The molecule has 10 heteroatoms. The van der Waals surface area contributed by atoms with Gasteiger partial charge in [0.2, 0.25) is 0 Å². The Hall–Kier alpha value is -0.470. The van der Waals surface area contributed by atoms with Crippen LogP contribution in [0, 0.1) is 0 Å². The number of hydrogen-bond acceptors (Lipinski definition) is 5. The summed E-state index contributed by atoms with van der Waals surface area (Å²) >= 11 is 8.15. The molecule has 0 heterocycles. The van der Waals surface area contributed by atoms with Gasteiger partial charge in [0.05, 0.1) is 13.2 Å². The molecular formula is C6H15N2O5PS2. The molecule has 0 aliphatic carbocycles. The topological polar surface area (TPSA) is 114 Å². The first-order valence-electron chi connectivity index (χ1n) is 4.16. The van der Waals surface area contributed by atoms with E-state index in [4.69, 9.17) is 19.3 Å². The molecule has 0 atom stereocenters. The molecule has 0 saturated heterocycles. The van der Waals surface area contributed by atoms with Crippen molar-refractivity contribution in [2.24, 2.45) is 5.73 Å². The zero-order valence-corrected chi connectivity index (χ0v) is 11.4. The molecule has 16 heavy (non-hydrogen) atoms. The van der Waals surface area contributed by atoms with Crippen molar-refractivity contribution in [2.45, 2.75) is 13.8 Å². The van der Waals surface area contributed by atoms with Crippen molar-refractivity contribution in [1.29, 1.82) is 0 Å². The average molecular weight is 290 g/mol. The normalized spacial score (nSPS) is 9.88. The van der Waals surface area contributed by atoms with E-state index in [1.165, 1.54) is 0 Å². The predicted molar refractivity (Wildman–Crippen MR) is 68.6 cm³/mol. The van der Waals surface area contributed by atoms with Gasteiger partial charge < -0.3 is 15.9 Å². The summed E-state index contributed by atoms with van der Waals surface area (Å²) < 4.78 is 20.9. The lowest BCUT2D eigenvalue weighted by atomic mass is 10.9. The number of thiocarbonyl (C=S) groups is 2. The van der Waals surface area contributed by atoms with Gasteiger partial charge in [0.1, 0.15) is 0 Å². The first kappa shape index (κ1) is 17.9. The summed E-state index contributed by atoms with van der Waals surface area (Å²) in [4.78, 5) is 0. The maximum Gasteiger partial charge on any atom is 0.435 e. The third kappa shape index (κ3) is 13.5.